The van der Waals surface area contributed by atoms with Gasteiger partial charge in [0.1, 0.15) is 5.69 Å². The van der Waals surface area contributed by atoms with Crippen LogP contribution < -0.4 is 5.73 Å². The fourth-order valence-electron chi connectivity index (χ4n) is 1.39. The summed E-state index contributed by atoms with van der Waals surface area (Å²) in [4.78, 5) is 12.3. The van der Waals surface area contributed by atoms with Gasteiger partial charge in [-0.3, -0.25) is 4.98 Å². The topological polar surface area (TPSA) is 90.7 Å². The van der Waals surface area contributed by atoms with Gasteiger partial charge in [0.2, 0.25) is 11.7 Å². The van der Waals surface area contributed by atoms with Crippen LogP contribution in [-0.2, 0) is 0 Å². The summed E-state index contributed by atoms with van der Waals surface area (Å²) in [7, 11) is 0. The Morgan fingerprint density at radius 1 is 1.41 bits per heavy atom. The molecule has 2 N–H and O–H groups in total. The average Bonchev–Trinajstić information content (AvgIpc) is 2.87. The van der Waals surface area contributed by atoms with E-state index in [-0.39, 0.29) is 6.04 Å². The van der Waals surface area contributed by atoms with Crippen molar-refractivity contribution in [3.63, 3.8) is 0 Å². The smallest absolute Gasteiger partial charge is 0.244 e. The van der Waals surface area contributed by atoms with Crippen molar-refractivity contribution in [1.82, 2.24) is 20.1 Å². The molecule has 1 unspecified atom stereocenters. The summed E-state index contributed by atoms with van der Waals surface area (Å²) in [6.45, 7) is 4.13. The molecular formula is C11H15N5O. The Bertz CT molecular complexity index is 470. The monoisotopic (exact) mass is 233 g/mol. The van der Waals surface area contributed by atoms with E-state index in [1.54, 1.807) is 18.6 Å². The Hall–Kier alpha value is -1.82. The molecule has 2 rings (SSSR count). The zero-order valence-electron chi connectivity index (χ0n) is 9.87. The molecular weight excluding hydrogens is 218 g/mol. The molecule has 0 fully saturated rings. The number of hydrogen-bond donors (Lipinski definition) is 1. The second-order valence-electron chi connectivity index (χ2n) is 3.96. The van der Waals surface area contributed by atoms with Crippen LogP contribution in [-0.4, -0.2) is 20.1 Å². The van der Waals surface area contributed by atoms with Crippen LogP contribution in [0.2, 0.25) is 0 Å². The molecule has 0 aliphatic rings. The maximum absolute atomic E-state index is 6.01. The number of nitrogens with two attached hydrogens (primary N) is 1. The molecule has 2 aromatic heterocycles. The van der Waals surface area contributed by atoms with Crippen LogP contribution >= 0.6 is 0 Å². The minimum Gasteiger partial charge on any atom is -0.337 e. The summed E-state index contributed by atoms with van der Waals surface area (Å²) in [5, 5.41) is 3.86. The normalized spacial score (nSPS) is 14.5. The Morgan fingerprint density at radius 3 is 2.88 bits per heavy atom. The van der Waals surface area contributed by atoms with Crippen molar-refractivity contribution >= 4 is 0 Å². The van der Waals surface area contributed by atoms with E-state index >= 15 is 0 Å². The Morgan fingerprint density at radius 2 is 2.24 bits per heavy atom. The lowest BCUT2D eigenvalue weighted by Gasteiger charge is -2.12. The zero-order valence-corrected chi connectivity index (χ0v) is 9.87. The van der Waals surface area contributed by atoms with E-state index in [2.05, 4.69) is 34.0 Å². The van der Waals surface area contributed by atoms with Crippen molar-refractivity contribution in [2.45, 2.75) is 26.3 Å². The van der Waals surface area contributed by atoms with Gasteiger partial charge in [-0.2, -0.15) is 4.98 Å². The van der Waals surface area contributed by atoms with Gasteiger partial charge in [0.25, 0.3) is 0 Å². The van der Waals surface area contributed by atoms with Crippen LogP contribution in [0, 0.1) is 5.92 Å². The van der Waals surface area contributed by atoms with Gasteiger partial charge < -0.3 is 10.3 Å². The van der Waals surface area contributed by atoms with Gasteiger partial charge in [0.05, 0.1) is 12.2 Å². The molecule has 0 radical (unpaired) electrons. The molecule has 2 atom stereocenters. The summed E-state index contributed by atoms with van der Waals surface area (Å²) in [6, 6.07) is -0.238. The molecule has 0 saturated carbocycles. The highest BCUT2D eigenvalue weighted by Gasteiger charge is 2.20. The van der Waals surface area contributed by atoms with E-state index in [0.29, 0.717) is 23.3 Å². The van der Waals surface area contributed by atoms with Gasteiger partial charge in [-0.1, -0.05) is 25.4 Å². The van der Waals surface area contributed by atoms with Gasteiger partial charge in [0.15, 0.2) is 0 Å². The van der Waals surface area contributed by atoms with Gasteiger partial charge in [-0.25, -0.2) is 4.98 Å². The fourth-order valence-corrected chi connectivity index (χ4v) is 1.39. The Labute approximate surface area is 99.3 Å². The number of aromatic nitrogens is 4. The van der Waals surface area contributed by atoms with E-state index < -0.39 is 0 Å². The van der Waals surface area contributed by atoms with Gasteiger partial charge in [-0.05, 0) is 5.92 Å². The zero-order chi connectivity index (χ0) is 12.3. The van der Waals surface area contributed by atoms with Crippen LogP contribution in [0.1, 0.15) is 32.2 Å². The highest BCUT2D eigenvalue weighted by molar-refractivity contribution is 5.45. The number of nitrogens with zero attached hydrogens (tertiary/aromatic N) is 4. The maximum Gasteiger partial charge on any atom is 0.244 e. The predicted octanol–water partition coefficient (Wildman–Crippen LogP) is 1.57. The minimum absolute atomic E-state index is 0.238. The quantitative estimate of drug-likeness (QED) is 0.861. The first-order valence-electron chi connectivity index (χ1n) is 5.58. The molecule has 0 amide bonds. The second kappa shape index (κ2) is 5.01. The first kappa shape index (κ1) is 11.7. The second-order valence-corrected chi connectivity index (χ2v) is 3.96. The third-order valence-electron chi connectivity index (χ3n) is 2.78. The van der Waals surface area contributed by atoms with E-state index in [9.17, 15) is 0 Å². The third-order valence-corrected chi connectivity index (χ3v) is 2.78. The van der Waals surface area contributed by atoms with Gasteiger partial charge >= 0.3 is 0 Å². The van der Waals surface area contributed by atoms with Crippen LogP contribution in [0.4, 0.5) is 0 Å². The van der Waals surface area contributed by atoms with Crippen molar-refractivity contribution in [1.29, 1.82) is 0 Å². The largest absolute Gasteiger partial charge is 0.337 e. The van der Waals surface area contributed by atoms with E-state index in [1.165, 1.54) is 0 Å². The van der Waals surface area contributed by atoms with E-state index in [4.69, 9.17) is 10.3 Å². The molecule has 90 valence electrons. The highest BCUT2D eigenvalue weighted by Crippen LogP contribution is 2.22. The maximum atomic E-state index is 6.01. The Balaban J connectivity index is 2.22. The van der Waals surface area contributed by atoms with Crippen LogP contribution in [0.15, 0.2) is 23.1 Å². The summed E-state index contributed by atoms with van der Waals surface area (Å²) < 4.78 is 5.15. The minimum atomic E-state index is -0.238. The lowest BCUT2D eigenvalue weighted by atomic mass is 10.0. The van der Waals surface area contributed by atoms with Crippen molar-refractivity contribution in [3.05, 3.63) is 24.5 Å². The first-order chi connectivity index (χ1) is 8.22. The molecule has 0 saturated heterocycles. The molecule has 2 aromatic rings. The van der Waals surface area contributed by atoms with Gasteiger partial charge in [0, 0.05) is 12.4 Å². The molecule has 0 aliphatic heterocycles. The Kier molecular flexibility index (Phi) is 3.43. The van der Waals surface area contributed by atoms with E-state index in [1.807, 2.05) is 0 Å². The first-order valence-corrected chi connectivity index (χ1v) is 5.58. The van der Waals surface area contributed by atoms with Crippen molar-refractivity contribution in [2.75, 3.05) is 0 Å². The molecule has 6 heteroatoms. The summed E-state index contributed by atoms with van der Waals surface area (Å²) in [5.41, 5.74) is 6.59. The molecule has 0 aromatic carbocycles. The predicted molar refractivity (Wildman–Crippen MR) is 61.7 cm³/mol. The summed E-state index contributed by atoms with van der Waals surface area (Å²) in [5.74, 6) is 1.16. The molecule has 6 nitrogen and oxygen atoms in total. The van der Waals surface area contributed by atoms with Gasteiger partial charge in [-0.15, -0.1) is 0 Å². The third kappa shape index (κ3) is 2.47. The molecule has 0 aliphatic carbocycles. The van der Waals surface area contributed by atoms with Crippen LogP contribution in [0.3, 0.4) is 0 Å². The highest BCUT2D eigenvalue weighted by atomic mass is 16.5. The van der Waals surface area contributed by atoms with Crippen LogP contribution in [0.25, 0.3) is 11.5 Å². The standard InChI is InChI=1S/C11H15N5O/c1-3-7(2)9(12)11-15-10(16-17-11)8-6-13-4-5-14-8/h4-7,9H,3,12H2,1-2H3/t7?,9-/m0/s1. The number of rotatable bonds is 4. The molecule has 2 heterocycles. The van der Waals surface area contributed by atoms with Crippen molar-refractivity contribution in [3.8, 4) is 11.5 Å². The molecule has 17 heavy (non-hydrogen) atoms. The average molecular weight is 233 g/mol. The summed E-state index contributed by atoms with van der Waals surface area (Å²) >= 11 is 0. The summed E-state index contributed by atoms with van der Waals surface area (Å²) in [6.07, 6.45) is 5.72. The molecule has 0 spiro atoms. The number of hydrogen-bond acceptors (Lipinski definition) is 6. The SMILES string of the molecule is CCC(C)[C@H](N)c1nc(-c2cnccn2)no1. The lowest BCUT2D eigenvalue weighted by Crippen LogP contribution is -2.18. The fraction of sp³-hybridized carbons (Fsp3) is 0.455. The lowest BCUT2D eigenvalue weighted by molar-refractivity contribution is 0.312. The van der Waals surface area contributed by atoms with E-state index in [0.717, 1.165) is 6.42 Å². The van der Waals surface area contributed by atoms with Crippen LogP contribution in [0.5, 0.6) is 0 Å². The van der Waals surface area contributed by atoms with Crippen molar-refractivity contribution < 1.29 is 4.52 Å². The molecule has 0 bridgehead atoms. The van der Waals surface area contributed by atoms with Crippen molar-refractivity contribution in [2.24, 2.45) is 11.7 Å².